The van der Waals surface area contributed by atoms with Gasteiger partial charge in [-0.1, -0.05) is 36.4 Å². The molecule has 84 valence electrons. The fraction of sp³-hybridized carbons (Fsp3) is 0. The van der Waals surface area contributed by atoms with Crippen molar-refractivity contribution >= 4 is 22.4 Å². The first-order chi connectivity index (χ1) is 8.29. The highest BCUT2D eigenvalue weighted by Crippen LogP contribution is 2.32. The fourth-order valence-electron chi connectivity index (χ4n) is 2.14. The van der Waals surface area contributed by atoms with Crippen molar-refractivity contribution in [2.24, 2.45) is 0 Å². The van der Waals surface area contributed by atoms with Crippen LogP contribution in [0.3, 0.4) is 0 Å². The Balaban J connectivity index is 2.41. The van der Waals surface area contributed by atoms with E-state index in [1.165, 1.54) is 0 Å². The van der Waals surface area contributed by atoms with Crippen LogP contribution in [0.1, 0.15) is 0 Å². The van der Waals surface area contributed by atoms with E-state index in [4.69, 9.17) is 11.5 Å². The second-order valence-electron chi connectivity index (χ2n) is 3.99. The molecule has 2 aromatic carbocycles. The summed E-state index contributed by atoms with van der Waals surface area (Å²) in [6.07, 6.45) is 0. The first kappa shape index (κ1) is 9.78. The van der Waals surface area contributed by atoms with Gasteiger partial charge in [-0.3, -0.25) is 4.57 Å². The standard InChI is InChI=1S/C14H13N3/c15-13-11-8-4-5-9-12(11)17(14(13)16)10-6-2-1-3-7-10/h1-9H,15-16H2. The number of aromatic nitrogens is 1. The van der Waals surface area contributed by atoms with E-state index >= 15 is 0 Å². The van der Waals surface area contributed by atoms with E-state index < -0.39 is 0 Å². The van der Waals surface area contributed by atoms with Crippen LogP contribution < -0.4 is 11.5 Å². The Bertz CT molecular complexity index is 669. The molecule has 0 saturated carbocycles. The topological polar surface area (TPSA) is 57.0 Å². The van der Waals surface area contributed by atoms with Crippen LogP contribution in [0.25, 0.3) is 16.6 Å². The van der Waals surface area contributed by atoms with Crippen molar-refractivity contribution in [2.45, 2.75) is 0 Å². The van der Waals surface area contributed by atoms with Crippen molar-refractivity contribution in [3.8, 4) is 5.69 Å². The normalized spacial score (nSPS) is 10.8. The van der Waals surface area contributed by atoms with Crippen molar-refractivity contribution in [2.75, 3.05) is 11.5 Å². The molecule has 1 aromatic heterocycles. The number of nitrogens with zero attached hydrogens (tertiary/aromatic N) is 1. The quantitative estimate of drug-likeness (QED) is 0.666. The molecule has 0 spiro atoms. The molecule has 0 aliphatic carbocycles. The summed E-state index contributed by atoms with van der Waals surface area (Å²) in [5, 5.41) is 0.994. The number of nitrogen functional groups attached to an aromatic ring is 2. The van der Waals surface area contributed by atoms with Gasteiger partial charge in [-0.2, -0.15) is 0 Å². The van der Waals surface area contributed by atoms with E-state index in [-0.39, 0.29) is 0 Å². The summed E-state index contributed by atoms with van der Waals surface area (Å²) in [5.41, 5.74) is 14.8. The maximum Gasteiger partial charge on any atom is 0.132 e. The van der Waals surface area contributed by atoms with E-state index in [0.717, 1.165) is 16.6 Å². The number of rotatable bonds is 1. The van der Waals surface area contributed by atoms with E-state index in [0.29, 0.717) is 11.5 Å². The Morgan fingerprint density at radius 2 is 1.41 bits per heavy atom. The highest BCUT2D eigenvalue weighted by atomic mass is 15.1. The van der Waals surface area contributed by atoms with Gasteiger partial charge < -0.3 is 11.5 Å². The van der Waals surface area contributed by atoms with Gasteiger partial charge in [-0.05, 0) is 18.2 Å². The lowest BCUT2D eigenvalue weighted by Crippen LogP contribution is -2.01. The van der Waals surface area contributed by atoms with Gasteiger partial charge in [0.15, 0.2) is 0 Å². The summed E-state index contributed by atoms with van der Waals surface area (Å²) in [4.78, 5) is 0. The maximum atomic E-state index is 6.09. The average molecular weight is 223 g/mol. The fourth-order valence-corrected chi connectivity index (χ4v) is 2.14. The van der Waals surface area contributed by atoms with Crippen molar-refractivity contribution in [3.05, 3.63) is 54.6 Å². The van der Waals surface area contributed by atoms with Crippen molar-refractivity contribution < 1.29 is 0 Å². The minimum atomic E-state index is 0.595. The van der Waals surface area contributed by atoms with Crippen LogP contribution in [-0.2, 0) is 0 Å². The first-order valence-electron chi connectivity index (χ1n) is 5.49. The van der Waals surface area contributed by atoms with E-state index in [1.807, 2.05) is 59.2 Å². The SMILES string of the molecule is Nc1c(N)n(-c2ccccc2)c2ccccc12. The van der Waals surface area contributed by atoms with Crippen LogP contribution in [0.4, 0.5) is 11.5 Å². The number of hydrogen-bond acceptors (Lipinski definition) is 2. The van der Waals surface area contributed by atoms with Crippen molar-refractivity contribution in [1.29, 1.82) is 0 Å². The molecule has 0 aliphatic rings. The largest absolute Gasteiger partial charge is 0.395 e. The Kier molecular flexibility index (Phi) is 2.05. The summed E-state index contributed by atoms with van der Waals surface area (Å²) in [7, 11) is 0. The lowest BCUT2D eigenvalue weighted by Gasteiger charge is -2.07. The number of benzene rings is 2. The van der Waals surface area contributed by atoms with E-state index in [2.05, 4.69) is 0 Å². The smallest absolute Gasteiger partial charge is 0.132 e. The van der Waals surface area contributed by atoms with Crippen LogP contribution in [0.5, 0.6) is 0 Å². The number of para-hydroxylation sites is 2. The molecule has 0 fully saturated rings. The second-order valence-corrected chi connectivity index (χ2v) is 3.99. The predicted octanol–water partition coefficient (Wildman–Crippen LogP) is 2.79. The number of nitrogens with two attached hydrogens (primary N) is 2. The third-order valence-corrected chi connectivity index (χ3v) is 2.97. The van der Waals surface area contributed by atoms with Gasteiger partial charge in [0.2, 0.25) is 0 Å². The molecule has 3 rings (SSSR count). The minimum absolute atomic E-state index is 0.595. The van der Waals surface area contributed by atoms with Gasteiger partial charge in [0.25, 0.3) is 0 Å². The zero-order chi connectivity index (χ0) is 11.8. The molecule has 0 saturated heterocycles. The monoisotopic (exact) mass is 223 g/mol. The Labute approximate surface area is 99.3 Å². The summed E-state index contributed by atoms with van der Waals surface area (Å²) in [6, 6.07) is 17.9. The third-order valence-electron chi connectivity index (χ3n) is 2.97. The molecule has 3 nitrogen and oxygen atoms in total. The van der Waals surface area contributed by atoms with Gasteiger partial charge in [0.05, 0.1) is 11.2 Å². The van der Waals surface area contributed by atoms with Crippen LogP contribution in [0.15, 0.2) is 54.6 Å². The molecule has 4 N–H and O–H groups in total. The summed E-state index contributed by atoms with van der Waals surface area (Å²) in [5.74, 6) is 0.595. The number of anilines is 2. The summed E-state index contributed by atoms with van der Waals surface area (Å²) < 4.78 is 1.98. The van der Waals surface area contributed by atoms with Crippen LogP contribution in [-0.4, -0.2) is 4.57 Å². The molecule has 0 amide bonds. The second kappa shape index (κ2) is 3.56. The molecule has 0 unspecified atom stereocenters. The van der Waals surface area contributed by atoms with E-state index in [9.17, 15) is 0 Å². The molecule has 3 heteroatoms. The van der Waals surface area contributed by atoms with Crippen LogP contribution in [0.2, 0.25) is 0 Å². The molecule has 0 atom stereocenters. The lowest BCUT2D eigenvalue weighted by atomic mass is 10.2. The van der Waals surface area contributed by atoms with Gasteiger partial charge in [0, 0.05) is 11.1 Å². The molecule has 17 heavy (non-hydrogen) atoms. The molecular formula is C14H13N3. The zero-order valence-corrected chi connectivity index (χ0v) is 9.30. The van der Waals surface area contributed by atoms with Crippen LogP contribution in [0, 0.1) is 0 Å². The molecule has 1 heterocycles. The average Bonchev–Trinajstić information content (AvgIpc) is 2.64. The van der Waals surface area contributed by atoms with Crippen LogP contribution >= 0.6 is 0 Å². The lowest BCUT2D eigenvalue weighted by molar-refractivity contribution is 1.14. The highest BCUT2D eigenvalue weighted by Gasteiger charge is 2.12. The first-order valence-corrected chi connectivity index (χ1v) is 5.49. The third kappa shape index (κ3) is 1.36. The molecule has 0 bridgehead atoms. The van der Waals surface area contributed by atoms with Crippen molar-refractivity contribution in [3.63, 3.8) is 0 Å². The Morgan fingerprint density at radius 1 is 0.765 bits per heavy atom. The number of fused-ring (bicyclic) bond motifs is 1. The molecular weight excluding hydrogens is 210 g/mol. The van der Waals surface area contributed by atoms with Gasteiger partial charge in [-0.15, -0.1) is 0 Å². The number of hydrogen-bond donors (Lipinski definition) is 2. The van der Waals surface area contributed by atoms with Gasteiger partial charge in [0.1, 0.15) is 5.82 Å². The molecule has 3 aromatic rings. The van der Waals surface area contributed by atoms with Gasteiger partial charge in [-0.25, -0.2) is 0 Å². The molecule has 0 radical (unpaired) electrons. The summed E-state index contributed by atoms with van der Waals surface area (Å²) in [6.45, 7) is 0. The highest BCUT2D eigenvalue weighted by molar-refractivity contribution is 5.99. The molecule has 0 aliphatic heterocycles. The van der Waals surface area contributed by atoms with Crippen molar-refractivity contribution in [1.82, 2.24) is 4.57 Å². The Hall–Kier alpha value is -2.42. The Morgan fingerprint density at radius 3 is 2.18 bits per heavy atom. The summed E-state index contributed by atoms with van der Waals surface area (Å²) >= 11 is 0. The predicted molar refractivity (Wildman–Crippen MR) is 72.1 cm³/mol. The van der Waals surface area contributed by atoms with E-state index in [1.54, 1.807) is 0 Å². The van der Waals surface area contributed by atoms with Gasteiger partial charge >= 0.3 is 0 Å². The zero-order valence-electron chi connectivity index (χ0n) is 9.30. The minimum Gasteiger partial charge on any atom is -0.395 e. The maximum absolute atomic E-state index is 6.09.